The number of hydrogen-bond donors (Lipinski definition) is 1. The maximum absolute atomic E-state index is 9.06. The van der Waals surface area contributed by atoms with Crippen LogP contribution in [0.25, 0.3) is 11.0 Å². The smallest absolute Gasteiger partial charge is 0.157 e. The Labute approximate surface area is 94.0 Å². The first kappa shape index (κ1) is 10.8. The highest BCUT2D eigenvalue weighted by atomic mass is 16.5. The summed E-state index contributed by atoms with van der Waals surface area (Å²) in [5.74, 6) is 1.34. The van der Waals surface area contributed by atoms with Crippen molar-refractivity contribution in [2.75, 3.05) is 26.1 Å². The Hall–Kier alpha value is -1.68. The minimum Gasteiger partial charge on any atom is -0.497 e. The van der Waals surface area contributed by atoms with Crippen molar-refractivity contribution in [3.63, 3.8) is 0 Å². The quantitative estimate of drug-likeness (QED) is 0.861. The summed E-state index contributed by atoms with van der Waals surface area (Å²) in [4.78, 5) is 1.95. The van der Waals surface area contributed by atoms with Gasteiger partial charge in [0.15, 0.2) is 5.58 Å². The lowest BCUT2D eigenvalue weighted by Crippen LogP contribution is -2.08. The van der Waals surface area contributed by atoms with Gasteiger partial charge in [-0.3, -0.25) is 0 Å². The molecule has 0 fully saturated rings. The summed E-state index contributed by atoms with van der Waals surface area (Å²) >= 11 is 0. The van der Waals surface area contributed by atoms with Gasteiger partial charge in [0, 0.05) is 25.5 Å². The molecule has 1 heterocycles. The summed E-state index contributed by atoms with van der Waals surface area (Å²) in [6.07, 6.45) is 0. The number of aliphatic hydroxyl groups is 1. The first-order valence-corrected chi connectivity index (χ1v) is 5.04. The predicted molar refractivity (Wildman–Crippen MR) is 63.0 cm³/mol. The van der Waals surface area contributed by atoms with Gasteiger partial charge in [-0.1, -0.05) is 0 Å². The summed E-state index contributed by atoms with van der Waals surface area (Å²) < 4.78 is 10.8. The molecule has 0 unspecified atom stereocenters. The standard InChI is InChI=1S/C12H15NO3/c1-13(2)11-6-9(15-3)4-8-5-10(7-14)16-12(8)11/h4-6,14H,7H2,1-3H3. The van der Waals surface area contributed by atoms with E-state index in [-0.39, 0.29) is 6.61 Å². The van der Waals surface area contributed by atoms with E-state index in [4.69, 9.17) is 14.3 Å². The van der Waals surface area contributed by atoms with Gasteiger partial charge in [0.2, 0.25) is 0 Å². The molecule has 0 saturated carbocycles. The topological polar surface area (TPSA) is 45.8 Å². The lowest BCUT2D eigenvalue weighted by molar-refractivity contribution is 0.251. The van der Waals surface area contributed by atoms with Gasteiger partial charge in [-0.2, -0.15) is 0 Å². The van der Waals surface area contributed by atoms with Crippen molar-refractivity contribution in [2.24, 2.45) is 0 Å². The van der Waals surface area contributed by atoms with E-state index >= 15 is 0 Å². The second-order valence-corrected chi connectivity index (χ2v) is 3.83. The molecule has 16 heavy (non-hydrogen) atoms. The highest BCUT2D eigenvalue weighted by Gasteiger charge is 2.11. The molecule has 0 aliphatic carbocycles. The molecule has 0 bridgehead atoms. The van der Waals surface area contributed by atoms with Crippen molar-refractivity contribution in [1.29, 1.82) is 0 Å². The Balaban J connectivity index is 2.69. The maximum atomic E-state index is 9.06. The monoisotopic (exact) mass is 221 g/mol. The van der Waals surface area contributed by atoms with Gasteiger partial charge >= 0.3 is 0 Å². The number of aliphatic hydroxyl groups excluding tert-OH is 1. The first-order chi connectivity index (χ1) is 7.65. The number of ether oxygens (including phenoxy) is 1. The summed E-state index contributed by atoms with van der Waals surface area (Å²) in [7, 11) is 5.51. The van der Waals surface area contributed by atoms with Crippen LogP contribution in [0.1, 0.15) is 5.76 Å². The van der Waals surface area contributed by atoms with Gasteiger partial charge in [0.25, 0.3) is 0 Å². The maximum Gasteiger partial charge on any atom is 0.157 e. The number of nitrogens with zero attached hydrogens (tertiary/aromatic N) is 1. The predicted octanol–water partition coefficient (Wildman–Crippen LogP) is 2.00. The molecule has 0 radical (unpaired) electrons. The van der Waals surface area contributed by atoms with Crippen LogP contribution in [-0.2, 0) is 6.61 Å². The van der Waals surface area contributed by atoms with Crippen LogP contribution < -0.4 is 9.64 Å². The fraction of sp³-hybridized carbons (Fsp3) is 0.333. The molecule has 2 aromatic rings. The van der Waals surface area contributed by atoms with Gasteiger partial charge in [-0.25, -0.2) is 0 Å². The Bertz CT molecular complexity index is 502. The van der Waals surface area contributed by atoms with Crippen LogP contribution in [0, 0.1) is 0 Å². The average Bonchev–Trinajstić information content (AvgIpc) is 2.69. The second-order valence-electron chi connectivity index (χ2n) is 3.83. The van der Waals surface area contributed by atoms with Crippen molar-refractivity contribution in [3.05, 3.63) is 24.0 Å². The Morgan fingerprint density at radius 1 is 1.31 bits per heavy atom. The van der Waals surface area contributed by atoms with Crippen LogP contribution in [0.15, 0.2) is 22.6 Å². The van der Waals surface area contributed by atoms with Gasteiger partial charge < -0.3 is 19.2 Å². The highest BCUT2D eigenvalue weighted by Crippen LogP contribution is 2.33. The van der Waals surface area contributed by atoms with E-state index in [0.717, 1.165) is 22.4 Å². The van der Waals surface area contributed by atoms with Crippen molar-refractivity contribution in [1.82, 2.24) is 0 Å². The van der Waals surface area contributed by atoms with Gasteiger partial charge in [0.05, 0.1) is 12.8 Å². The van der Waals surface area contributed by atoms with Crippen LogP contribution >= 0.6 is 0 Å². The molecule has 4 nitrogen and oxygen atoms in total. The molecule has 0 spiro atoms. The third-order valence-corrected chi connectivity index (χ3v) is 2.49. The molecule has 0 aliphatic rings. The SMILES string of the molecule is COc1cc(N(C)C)c2oc(CO)cc2c1. The molecular weight excluding hydrogens is 206 g/mol. The fourth-order valence-corrected chi connectivity index (χ4v) is 1.69. The summed E-state index contributed by atoms with van der Waals surface area (Å²) in [5, 5.41) is 9.99. The number of fused-ring (bicyclic) bond motifs is 1. The summed E-state index contributed by atoms with van der Waals surface area (Å²) in [6.45, 7) is -0.0934. The lowest BCUT2D eigenvalue weighted by Gasteiger charge is -2.13. The zero-order valence-electron chi connectivity index (χ0n) is 9.65. The summed E-state index contributed by atoms with van der Waals surface area (Å²) in [5.41, 5.74) is 1.71. The average molecular weight is 221 g/mol. The molecule has 1 N–H and O–H groups in total. The number of benzene rings is 1. The molecule has 1 aromatic carbocycles. The van der Waals surface area contributed by atoms with Crippen molar-refractivity contribution >= 4 is 16.7 Å². The highest BCUT2D eigenvalue weighted by molar-refractivity contribution is 5.91. The Morgan fingerprint density at radius 2 is 2.06 bits per heavy atom. The van der Waals surface area contributed by atoms with Crippen molar-refractivity contribution < 1.29 is 14.3 Å². The van der Waals surface area contributed by atoms with E-state index < -0.39 is 0 Å². The molecule has 0 amide bonds. The summed E-state index contributed by atoms with van der Waals surface area (Å²) in [6, 6.07) is 5.63. The Morgan fingerprint density at radius 3 is 2.62 bits per heavy atom. The molecule has 0 atom stereocenters. The van der Waals surface area contributed by atoms with E-state index in [1.54, 1.807) is 7.11 Å². The van der Waals surface area contributed by atoms with Crippen molar-refractivity contribution in [2.45, 2.75) is 6.61 Å². The normalized spacial score (nSPS) is 10.8. The number of hydrogen-bond acceptors (Lipinski definition) is 4. The minimum atomic E-state index is -0.0934. The van der Waals surface area contributed by atoms with E-state index in [2.05, 4.69) is 0 Å². The van der Waals surface area contributed by atoms with Crippen LogP contribution in [0.5, 0.6) is 5.75 Å². The molecule has 2 rings (SSSR count). The van der Waals surface area contributed by atoms with Gasteiger partial charge in [0.1, 0.15) is 18.1 Å². The fourth-order valence-electron chi connectivity index (χ4n) is 1.69. The first-order valence-electron chi connectivity index (χ1n) is 5.04. The number of rotatable bonds is 3. The molecule has 0 saturated heterocycles. The zero-order valence-corrected chi connectivity index (χ0v) is 9.65. The zero-order chi connectivity index (χ0) is 11.7. The molecular formula is C12H15NO3. The third-order valence-electron chi connectivity index (χ3n) is 2.49. The minimum absolute atomic E-state index is 0.0934. The molecule has 0 aliphatic heterocycles. The molecule has 86 valence electrons. The molecule has 1 aromatic heterocycles. The number of methoxy groups -OCH3 is 1. The largest absolute Gasteiger partial charge is 0.497 e. The van der Waals surface area contributed by atoms with Crippen LogP contribution in [0.3, 0.4) is 0 Å². The van der Waals surface area contributed by atoms with E-state index in [0.29, 0.717) is 5.76 Å². The van der Waals surface area contributed by atoms with Gasteiger partial charge in [-0.05, 0) is 12.1 Å². The van der Waals surface area contributed by atoms with Crippen LogP contribution in [0.4, 0.5) is 5.69 Å². The number of anilines is 1. The molecule has 4 heteroatoms. The van der Waals surface area contributed by atoms with Crippen LogP contribution in [0.2, 0.25) is 0 Å². The second kappa shape index (κ2) is 4.06. The third kappa shape index (κ3) is 1.72. The van der Waals surface area contributed by atoms with Crippen molar-refractivity contribution in [3.8, 4) is 5.75 Å². The number of furan rings is 1. The van der Waals surface area contributed by atoms with E-state index in [9.17, 15) is 0 Å². The van der Waals surface area contributed by atoms with E-state index in [1.807, 2.05) is 37.2 Å². The van der Waals surface area contributed by atoms with Gasteiger partial charge in [-0.15, -0.1) is 0 Å². The van der Waals surface area contributed by atoms with Crippen LogP contribution in [-0.4, -0.2) is 26.3 Å². The Kier molecular flexibility index (Phi) is 2.75. The van der Waals surface area contributed by atoms with E-state index in [1.165, 1.54) is 0 Å². The lowest BCUT2D eigenvalue weighted by atomic mass is 10.2.